The Kier molecular flexibility index (Phi) is 4.55. The van der Waals surface area contributed by atoms with Crippen LogP contribution < -0.4 is 0 Å². The molecule has 0 saturated carbocycles. The van der Waals surface area contributed by atoms with Crippen molar-refractivity contribution in [3.05, 3.63) is 36.2 Å². The van der Waals surface area contributed by atoms with Gasteiger partial charge >= 0.3 is 13.1 Å². The van der Waals surface area contributed by atoms with Gasteiger partial charge in [0.1, 0.15) is 0 Å². The van der Waals surface area contributed by atoms with Crippen LogP contribution in [0.5, 0.6) is 0 Å². The number of rotatable bonds is 4. The second kappa shape index (κ2) is 6.39. The van der Waals surface area contributed by atoms with E-state index in [0.717, 1.165) is 11.0 Å². The second-order valence-corrected chi connectivity index (χ2v) is 7.30. The van der Waals surface area contributed by atoms with Gasteiger partial charge in [0.2, 0.25) is 0 Å². The van der Waals surface area contributed by atoms with Crippen LogP contribution in [0.15, 0.2) is 30.5 Å². The molecule has 1 aromatic heterocycles. The van der Waals surface area contributed by atoms with Crippen molar-refractivity contribution in [1.29, 1.82) is 0 Å². The van der Waals surface area contributed by atoms with E-state index in [-0.39, 0.29) is 12.4 Å². The van der Waals surface area contributed by atoms with Crippen molar-refractivity contribution in [2.75, 3.05) is 7.11 Å². The topological polar surface area (TPSA) is 70.5 Å². The minimum absolute atomic E-state index is 0.111. The van der Waals surface area contributed by atoms with E-state index in [4.69, 9.17) is 14.0 Å². The summed E-state index contributed by atoms with van der Waals surface area (Å²) in [5, 5.41) is 0. The number of esters is 1. The molecule has 1 fully saturated rings. The number of carbonyl (C=O) groups is 1. The first kappa shape index (κ1) is 17.8. The summed E-state index contributed by atoms with van der Waals surface area (Å²) in [6, 6.07) is 7.61. The predicted molar refractivity (Wildman–Crippen MR) is 95.0 cm³/mol. The van der Waals surface area contributed by atoms with Crippen LogP contribution in [0.3, 0.4) is 0 Å². The standard InChI is InChI=1S/C18H23BN2O4/c1-17(2)18(3,4)25-19(24-17)12(10-16(22)23-5)15-11-20-13-8-6-7-9-14(13)21-15/h6-9,11-12H,10H2,1-5H3. The summed E-state index contributed by atoms with van der Waals surface area (Å²) >= 11 is 0. The molecule has 0 amide bonds. The maximum atomic E-state index is 12.0. The van der Waals surface area contributed by atoms with Crippen LogP contribution in [-0.2, 0) is 18.8 Å². The number of benzene rings is 1. The van der Waals surface area contributed by atoms with Crippen molar-refractivity contribution < 1.29 is 18.8 Å². The van der Waals surface area contributed by atoms with Gasteiger partial charge in [-0.1, -0.05) is 12.1 Å². The van der Waals surface area contributed by atoms with Crippen LogP contribution in [0.1, 0.15) is 45.6 Å². The Balaban J connectivity index is 1.98. The third kappa shape index (κ3) is 3.39. The molecule has 7 heteroatoms. The number of para-hydroxylation sites is 2. The zero-order valence-electron chi connectivity index (χ0n) is 15.3. The molecule has 0 bridgehead atoms. The van der Waals surface area contributed by atoms with Crippen molar-refractivity contribution in [3.63, 3.8) is 0 Å². The summed E-state index contributed by atoms with van der Waals surface area (Å²) in [6.07, 6.45) is 1.79. The lowest BCUT2D eigenvalue weighted by molar-refractivity contribution is -0.140. The minimum Gasteiger partial charge on any atom is -0.469 e. The first-order valence-electron chi connectivity index (χ1n) is 8.38. The van der Waals surface area contributed by atoms with E-state index >= 15 is 0 Å². The number of aromatic nitrogens is 2. The van der Waals surface area contributed by atoms with E-state index in [1.165, 1.54) is 7.11 Å². The van der Waals surface area contributed by atoms with Gasteiger partial charge in [0, 0.05) is 12.0 Å². The number of nitrogens with zero attached hydrogens (tertiary/aromatic N) is 2. The second-order valence-electron chi connectivity index (χ2n) is 7.30. The monoisotopic (exact) mass is 342 g/mol. The molecule has 1 aromatic carbocycles. The molecule has 0 N–H and O–H groups in total. The Morgan fingerprint density at radius 2 is 1.76 bits per heavy atom. The molecule has 6 nitrogen and oxygen atoms in total. The smallest absolute Gasteiger partial charge is 0.468 e. The molecule has 0 spiro atoms. The number of fused-ring (bicyclic) bond motifs is 1. The van der Waals surface area contributed by atoms with Crippen LogP contribution in [0.25, 0.3) is 11.0 Å². The Morgan fingerprint density at radius 3 is 2.36 bits per heavy atom. The van der Waals surface area contributed by atoms with Gasteiger partial charge in [0.25, 0.3) is 0 Å². The van der Waals surface area contributed by atoms with E-state index in [0.29, 0.717) is 5.69 Å². The van der Waals surface area contributed by atoms with Gasteiger partial charge in [-0.05, 0) is 39.8 Å². The van der Waals surface area contributed by atoms with Crippen molar-refractivity contribution >= 4 is 24.1 Å². The lowest BCUT2D eigenvalue weighted by atomic mass is 9.68. The van der Waals surface area contributed by atoms with Crippen molar-refractivity contribution in [1.82, 2.24) is 9.97 Å². The Hall–Kier alpha value is -1.99. The van der Waals surface area contributed by atoms with E-state index in [1.54, 1.807) is 6.20 Å². The largest absolute Gasteiger partial charge is 0.469 e. The summed E-state index contributed by atoms with van der Waals surface area (Å²) in [4.78, 5) is 21.1. The maximum absolute atomic E-state index is 12.0. The van der Waals surface area contributed by atoms with E-state index in [1.807, 2.05) is 52.0 Å². The SMILES string of the molecule is COC(=O)CC(B1OC(C)(C)C(C)(C)O1)c1cnc2ccccc2n1. The molecule has 25 heavy (non-hydrogen) atoms. The Bertz CT molecular complexity index is 777. The van der Waals surface area contributed by atoms with Crippen molar-refractivity contribution in [2.45, 2.75) is 51.1 Å². The fourth-order valence-corrected chi connectivity index (χ4v) is 2.81. The molecule has 2 aromatic rings. The van der Waals surface area contributed by atoms with Gasteiger partial charge in [-0.2, -0.15) is 0 Å². The summed E-state index contributed by atoms with van der Waals surface area (Å²) in [5.41, 5.74) is 1.25. The molecule has 1 aliphatic rings. The third-order valence-corrected chi connectivity index (χ3v) is 5.06. The predicted octanol–water partition coefficient (Wildman–Crippen LogP) is 2.91. The van der Waals surface area contributed by atoms with Gasteiger partial charge in [0.05, 0.1) is 41.5 Å². The Labute approximate surface area is 148 Å². The highest BCUT2D eigenvalue weighted by Crippen LogP contribution is 2.41. The molecular weight excluding hydrogens is 319 g/mol. The lowest BCUT2D eigenvalue weighted by Crippen LogP contribution is -2.41. The average molecular weight is 342 g/mol. The summed E-state index contributed by atoms with van der Waals surface area (Å²) in [7, 11) is 0.773. The normalized spacial score (nSPS) is 19.8. The molecule has 1 atom stereocenters. The van der Waals surface area contributed by atoms with E-state index in [2.05, 4.69) is 9.97 Å². The van der Waals surface area contributed by atoms with Crippen LogP contribution in [0.4, 0.5) is 0 Å². The van der Waals surface area contributed by atoms with Crippen LogP contribution in [0, 0.1) is 0 Å². The number of carbonyl (C=O) groups excluding carboxylic acids is 1. The van der Waals surface area contributed by atoms with Gasteiger partial charge in [-0.3, -0.25) is 9.78 Å². The fourth-order valence-electron chi connectivity index (χ4n) is 2.81. The van der Waals surface area contributed by atoms with Crippen molar-refractivity contribution in [3.8, 4) is 0 Å². The average Bonchev–Trinajstić information content (AvgIpc) is 2.79. The van der Waals surface area contributed by atoms with Gasteiger partial charge in [-0.25, -0.2) is 4.98 Å². The maximum Gasteiger partial charge on any atom is 0.468 e. The summed E-state index contributed by atoms with van der Waals surface area (Å²) < 4.78 is 17.1. The lowest BCUT2D eigenvalue weighted by Gasteiger charge is -2.32. The molecule has 3 rings (SSSR count). The highest BCUT2D eigenvalue weighted by molar-refractivity contribution is 6.48. The zero-order chi connectivity index (χ0) is 18.2. The first-order valence-corrected chi connectivity index (χ1v) is 8.38. The minimum atomic E-state index is -0.598. The quantitative estimate of drug-likeness (QED) is 0.629. The van der Waals surface area contributed by atoms with Crippen LogP contribution >= 0.6 is 0 Å². The van der Waals surface area contributed by atoms with Crippen molar-refractivity contribution in [2.24, 2.45) is 0 Å². The number of hydrogen-bond donors (Lipinski definition) is 0. The van der Waals surface area contributed by atoms with Gasteiger partial charge in [0.15, 0.2) is 0 Å². The molecule has 0 radical (unpaired) electrons. The third-order valence-electron chi connectivity index (χ3n) is 5.06. The summed E-state index contributed by atoms with van der Waals surface area (Å²) in [5.74, 6) is -0.736. The van der Waals surface area contributed by atoms with Gasteiger partial charge in [-0.15, -0.1) is 0 Å². The molecule has 1 saturated heterocycles. The molecule has 1 unspecified atom stereocenters. The molecule has 1 aliphatic heterocycles. The van der Waals surface area contributed by atoms with E-state index in [9.17, 15) is 4.79 Å². The van der Waals surface area contributed by atoms with Crippen LogP contribution in [-0.4, -0.2) is 41.4 Å². The molecule has 2 heterocycles. The molecule has 132 valence electrons. The number of hydrogen-bond acceptors (Lipinski definition) is 6. The number of ether oxygens (including phenoxy) is 1. The molecule has 0 aliphatic carbocycles. The van der Waals surface area contributed by atoms with Crippen LogP contribution in [0.2, 0.25) is 0 Å². The highest BCUT2D eigenvalue weighted by atomic mass is 16.7. The highest BCUT2D eigenvalue weighted by Gasteiger charge is 2.54. The van der Waals surface area contributed by atoms with E-state index < -0.39 is 24.1 Å². The zero-order valence-corrected chi connectivity index (χ0v) is 15.3. The number of methoxy groups -OCH3 is 1. The summed E-state index contributed by atoms with van der Waals surface area (Å²) in [6.45, 7) is 7.92. The van der Waals surface area contributed by atoms with Gasteiger partial charge < -0.3 is 14.0 Å². The molecular formula is C18H23BN2O4. The first-order chi connectivity index (χ1) is 11.7. The fraction of sp³-hybridized carbons (Fsp3) is 0.500. The Morgan fingerprint density at radius 1 is 1.16 bits per heavy atom.